The molecule has 4 rings (SSSR count). The van der Waals surface area contributed by atoms with Gasteiger partial charge in [0.2, 0.25) is 10.0 Å². The number of nitrogens with two attached hydrogens (primary N) is 1. The number of aliphatic carboxylic acids is 1. The SMILES string of the molecule is CC(=O)O.CCC1(c2cccc(CS(N)(=O)=O)c2)C2CN(CCCc3ccccc3)CC21. The number of carboxylic acids is 1. The predicted octanol–water partition coefficient (Wildman–Crippen LogP) is 3.41. The van der Waals surface area contributed by atoms with Crippen LogP contribution >= 0.6 is 0 Å². The number of sulfonamides is 1. The third kappa shape index (κ3) is 5.97. The summed E-state index contributed by atoms with van der Waals surface area (Å²) in [4.78, 5) is 11.6. The molecule has 2 fully saturated rings. The van der Waals surface area contributed by atoms with Crippen LogP contribution in [0.2, 0.25) is 0 Å². The smallest absolute Gasteiger partial charge is 0.300 e. The quantitative estimate of drug-likeness (QED) is 0.631. The van der Waals surface area contributed by atoms with Crippen molar-refractivity contribution in [2.75, 3.05) is 19.6 Å². The molecule has 0 spiro atoms. The molecule has 174 valence electrons. The highest BCUT2D eigenvalue weighted by Gasteiger charge is 2.67. The Kier molecular flexibility index (Phi) is 7.75. The highest BCUT2D eigenvalue weighted by molar-refractivity contribution is 7.88. The van der Waals surface area contributed by atoms with Crippen LogP contribution in [0.15, 0.2) is 54.6 Å². The van der Waals surface area contributed by atoms with Gasteiger partial charge >= 0.3 is 0 Å². The maximum atomic E-state index is 11.5. The van der Waals surface area contributed by atoms with Crippen LogP contribution < -0.4 is 5.14 Å². The van der Waals surface area contributed by atoms with Crippen LogP contribution in [0.3, 0.4) is 0 Å². The maximum Gasteiger partial charge on any atom is 0.300 e. The number of primary sulfonamides is 1. The van der Waals surface area contributed by atoms with Gasteiger partial charge in [-0.25, -0.2) is 13.6 Å². The van der Waals surface area contributed by atoms with Crippen LogP contribution in [0.4, 0.5) is 0 Å². The summed E-state index contributed by atoms with van der Waals surface area (Å²) in [5.74, 6) is 0.472. The molecule has 1 saturated heterocycles. The fourth-order valence-electron chi connectivity index (χ4n) is 5.49. The fourth-order valence-corrected chi connectivity index (χ4v) is 6.13. The Morgan fingerprint density at radius 3 is 2.25 bits per heavy atom. The number of carbonyl (C=O) groups is 1. The lowest BCUT2D eigenvalue weighted by atomic mass is 9.86. The zero-order valence-corrected chi connectivity index (χ0v) is 19.7. The van der Waals surface area contributed by atoms with E-state index >= 15 is 0 Å². The predicted molar refractivity (Wildman–Crippen MR) is 127 cm³/mol. The van der Waals surface area contributed by atoms with E-state index in [9.17, 15) is 8.42 Å². The molecule has 1 heterocycles. The van der Waals surface area contributed by atoms with Crippen LogP contribution in [-0.2, 0) is 32.4 Å². The molecule has 3 N–H and O–H groups in total. The molecule has 2 unspecified atom stereocenters. The number of benzene rings is 2. The van der Waals surface area contributed by atoms with Crippen LogP contribution in [0.25, 0.3) is 0 Å². The van der Waals surface area contributed by atoms with E-state index in [2.05, 4.69) is 54.3 Å². The average Bonchev–Trinajstić information content (AvgIpc) is 3.10. The second kappa shape index (κ2) is 10.1. The molecular weight excluding hydrogens is 424 g/mol. The van der Waals surface area contributed by atoms with Gasteiger partial charge in [0.25, 0.3) is 5.97 Å². The van der Waals surface area contributed by atoms with E-state index in [1.54, 1.807) is 0 Å². The third-order valence-corrected chi connectivity index (χ3v) is 7.55. The average molecular weight is 459 g/mol. The first-order chi connectivity index (χ1) is 15.2. The molecule has 0 aromatic heterocycles. The molecule has 2 aliphatic rings. The van der Waals surface area contributed by atoms with Crippen molar-refractivity contribution in [2.45, 2.75) is 44.3 Å². The van der Waals surface area contributed by atoms with Crippen molar-refractivity contribution in [3.63, 3.8) is 0 Å². The lowest BCUT2D eigenvalue weighted by Gasteiger charge is -2.27. The summed E-state index contributed by atoms with van der Waals surface area (Å²) in [5.41, 5.74) is 3.75. The highest BCUT2D eigenvalue weighted by atomic mass is 32.2. The van der Waals surface area contributed by atoms with Crippen molar-refractivity contribution in [2.24, 2.45) is 17.0 Å². The van der Waals surface area contributed by atoms with Gasteiger partial charge in [-0.2, -0.15) is 0 Å². The largest absolute Gasteiger partial charge is 0.481 e. The van der Waals surface area contributed by atoms with Crippen LogP contribution in [0.1, 0.15) is 43.4 Å². The van der Waals surface area contributed by atoms with Crippen molar-refractivity contribution in [3.05, 3.63) is 71.3 Å². The Morgan fingerprint density at radius 1 is 1.09 bits per heavy atom. The molecule has 1 aliphatic heterocycles. The van der Waals surface area contributed by atoms with E-state index in [1.165, 1.54) is 17.5 Å². The Balaban J connectivity index is 0.000000668. The standard InChI is InChI=1S/C23H30N2O2S.C2H4O2/c1-2-23(20-12-6-10-19(14-20)17-28(24,26)27)21-15-25(16-22(21)23)13-7-11-18-8-4-3-5-9-18;1-2(3)4/h3-6,8-10,12,14,21-22H,2,7,11,13,15-17H2,1H3,(H2,24,26,27);1H3,(H,3,4). The topological polar surface area (TPSA) is 101 Å². The third-order valence-electron chi connectivity index (χ3n) is 6.81. The lowest BCUT2D eigenvalue weighted by Crippen LogP contribution is -2.31. The molecule has 2 aromatic rings. The fraction of sp³-hybridized carbons (Fsp3) is 0.480. The van der Waals surface area contributed by atoms with E-state index in [-0.39, 0.29) is 11.2 Å². The second-order valence-electron chi connectivity index (χ2n) is 8.98. The summed E-state index contributed by atoms with van der Waals surface area (Å²) >= 11 is 0. The number of rotatable bonds is 8. The normalized spacial score (nSPS) is 24.3. The molecule has 0 bridgehead atoms. The van der Waals surface area contributed by atoms with Crippen LogP contribution in [0, 0.1) is 11.8 Å². The zero-order valence-electron chi connectivity index (χ0n) is 18.9. The molecule has 1 saturated carbocycles. The monoisotopic (exact) mass is 458 g/mol. The van der Waals surface area contributed by atoms with Crippen LogP contribution in [0.5, 0.6) is 0 Å². The van der Waals surface area contributed by atoms with Gasteiger partial charge in [-0.05, 0) is 54.3 Å². The number of hydrogen-bond donors (Lipinski definition) is 2. The minimum absolute atomic E-state index is 0.0818. The number of carboxylic acid groups (broad SMARTS) is 1. The second-order valence-corrected chi connectivity index (χ2v) is 10.6. The van der Waals surface area contributed by atoms with Crippen LogP contribution in [-0.4, -0.2) is 44.0 Å². The lowest BCUT2D eigenvalue weighted by molar-refractivity contribution is -0.134. The van der Waals surface area contributed by atoms with Crippen molar-refractivity contribution in [3.8, 4) is 0 Å². The van der Waals surface area contributed by atoms with Crippen molar-refractivity contribution in [1.82, 2.24) is 4.90 Å². The van der Waals surface area contributed by atoms with Gasteiger partial charge in [-0.15, -0.1) is 0 Å². The van der Waals surface area contributed by atoms with Gasteiger partial charge in [-0.1, -0.05) is 61.5 Å². The number of fused-ring (bicyclic) bond motifs is 1. The first-order valence-corrected chi connectivity index (χ1v) is 12.9. The summed E-state index contributed by atoms with van der Waals surface area (Å²) < 4.78 is 22.9. The van der Waals surface area contributed by atoms with Gasteiger partial charge in [-0.3, -0.25) is 4.79 Å². The molecule has 0 radical (unpaired) electrons. The van der Waals surface area contributed by atoms with E-state index in [0.717, 1.165) is 45.0 Å². The van der Waals surface area contributed by atoms with E-state index in [4.69, 9.17) is 15.0 Å². The van der Waals surface area contributed by atoms with Gasteiger partial charge in [0.05, 0.1) is 5.75 Å². The first kappa shape index (κ1) is 24.4. The highest BCUT2D eigenvalue weighted by Crippen LogP contribution is 2.65. The Bertz CT molecular complexity index is 1010. The zero-order chi connectivity index (χ0) is 23.4. The Hall–Kier alpha value is -2.22. The van der Waals surface area contributed by atoms with E-state index < -0.39 is 16.0 Å². The molecule has 2 atom stereocenters. The number of aryl methyl sites for hydroxylation is 1. The van der Waals surface area contributed by atoms with Gasteiger partial charge in [0, 0.05) is 25.4 Å². The Labute approximate surface area is 191 Å². The molecule has 2 aromatic carbocycles. The minimum Gasteiger partial charge on any atom is -0.481 e. The van der Waals surface area contributed by atoms with Gasteiger partial charge < -0.3 is 10.0 Å². The summed E-state index contributed by atoms with van der Waals surface area (Å²) in [6.07, 6.45) is 3.45. The summed E-state index contributed by atoms with van der Waals surface area (Å²) in [5, 5.41) is 12.7. The number of likely N-dealkylation sites (tertiary alicyclic amines) is 1. The summed E-state index contributed by atoms with van der Waals surface area (Å²) in [6, 6.07) is 18.8. The number of piperidine rings is 1. The molecule has 1 aliphatic carbocycles. The molecule has 0 amide bonds. The summed E-state index contributed by atoms with van der Waals surface area (Å²) in [6.45, 7) is 6.83. The van der Waals surface area contributed by atoms with Crippen molar-refractivity contribution >= 4 is 16.0 Å². The number of hydrogen-bond acceptors (Lipinski definition) is 4. The Morgan fingerprint density at radius 2 is 1.69 bits per heavy atom. The van der Waals surface area contributed by atoms with Crippen molar-refractivity contribution in [1.29, 1.82) is 0 Å². The van der Waals surface area contributed by atoms with E-state index in [1.807, 2.05) is 12.1 Å². The molecule has 32 heavy (non-hydrogen) atoms. The molecule has 7 heteroatoms. The van der Waals surface area contributed by atoms with Crippen molar-refractivity contribution < 1.29 is 18.3 Å². The molecular formula is C25H34N2O4S. The van der Waals surface area contributed by atoms with Gasteiger partial charge in [0.15, 0.2) is 0 Å². The van der Waals surface area contributed by atoms with Gasteiger partial charge in [0.1, 0.15) is 0 Å². The number of nitrogens with zero attached hydrogens (tertiary/aromatic N) is 1. The van der Waals surface area contributed by atoms with E-state index in [0.29, 0.717) is 11.8 Å². The maximum absolute atomic E-state index is 11.5. The minimum atomic E-state index is -3.49. The molecule has 6 nitrogen and oxygen atoms in total. The first-order valence-electron chi connectivity index (χ1n) is 11.2. The summed E-state index contributed by atoms with van der Waals surface area (Å²) in [7, 11) is -3.49.